The number of hydrogen-bond donors (Lipinski definition) is 4. The zero-order chi connectivity index (χ0) is 66.8. The van der Waals surface area contributed by atoms with Crippen molar-refractivity contribution in [2.24, 2.45) is 28.2 Å². The molecular formula is C68H80N12O13. The number of ketones is 2. The Hall–Kier alpha value is -10.1. The molecule has 10 rings (SSSR count). The van der Waals surface area contributed by atoms with Gasteiger partial charge in [0.05, 0.1) is 35.3 Å². The average molecular weight is 1270 g/mol. The van der Waals surface area contributed by atoms with Crippen molar-refractivity contribution in [2.45, 2.75) is 117 Å². The summed E-state index contributed by atoms with van der Waals surface area (Å²) in [7, 11) is 6.97. The van der Waals surface area contributed by atoms with E-state index in [1.54, 1.807) is 86.6 Å². The molecular weight excluding hydrogens is 1190 g/mol. The smallest absolute Gasteiger partial charge is 0.416 e. The fraction of sp³-hybridized carbons (Fsp3) is 0.382. The summed E-state index contributed by atoms with van der Waals surface area (Å²) in [6.45, 7) is 15.1. The molecule has 3 aliphatic heterocycles. The summed E-state index contributed by atoms with van der Waals surface area (Å²) in [6, 6.07) is 21.2. The van der Waals surface area contributed by atoms with E-state index in [2.05, 4.69) is 37.8 Å². The highest BCUT2D eigenvalue weighted by Crippen LogP contribution is 2.40. The van der Waals surface area contributed by atoms with Crippen LogP contribution in [0.1, 0.15) is 144 Å². The maximum atomic E-state index is 14.2. The molecule has 2 saturated heterocycles. The number of piperidine rings is 1. The van der Waals surface area contributed by atoms with Crippen molar-refractivity contribution < 1.29 is 62.0 Å². The first-order valence-electron chi connectivity index (χ1n) is 30.8. The fourth-order valence-corrected chi connectivity index (χ4v) is 11.2. The Bertz CT molecular complexity index is 3940. The Balaban J connectivity index is 0.000000268. The van der Waals surface area contributed by atoms with Gasteiger partial charge in [0.25, 0.3) is 17.7 Å². The van der Waals surface area contributed by atoms with Crippen molar-refractivity contribution in [3.63, 3.8) is 0 Å². The maximum absolute atomic E-state index is 14.2. The minimum absolute atomic E-state index is 0.00164. The zero-order valence-corrected chi connectivity index (χ0v) is 54.1. The van der Waals surface area contributed by atoms with Crippen LogP contribution in [0.2, 0.25) is 0 Å². The first-order valence-corrected chi connectivity index (χ1v) is 30.8. The number of ether oxygens (including phenoxy) is 5. The molecule has 0 radical (unpaired) electrons. The molecule has 4 aromatic heterocycles. The molecule has 0 spiro atoms. The van der Waals surface area contributed by atoms with Crippen LogP contribution in [0.25, 0.3) is 22.3 Å². The number of nitrogens with zero attached hydrogens (tertiary/aromatic N) is 8. The van der Waals surface area contributed by atoms with E-state index < -0.39 is 48.2 Å². The van der Waals surface area contributed by atoms with Gasteiger partial charge in [0.2, 0.25) is 17.6 Å². The molecule has 3 aromatic carbocycles. The van der Waals surface area contributed by atoms with E-state index in [0.717, 1.165) is 47.9 Å². The number of fused-ring (bicyclic) bond motifs is 2. The first kappa shape index (κ1) is 67.3. The summed E-state index contributed by atoms with van der Waals surface area (Å²) in [6.07, 6.45) is 10.9. The molecule has 2 unspecified atom stereocenters. The van der Waals surface area contributed by atoms with Gasteiger partial charge in [-0.3, -0.25) is 34.1 Å². The second-order valence-corrected chi connectivity index (χ2v) is 24.1. The number of aryl methyl sites for hydroxylation is 5. The summed E-state index contributed by atoms with van der Waals surface area (Å²) in [4.78, 5) is 114. The van der Waals surface area contributed by atoms with Crippen molar-refractivity contribution in [3.8, 4) is 28.0 Å². The number of rotatable bonds is 19. The molecule has 4 N–H and O–H groups in total. The van der Waals surface area contributed by atoms with Crippen LogP contribution < -0.4 is 30.9 Å². The van der Waals surface area contributed by atoms with Crippen LogP contribution in [-0.2, 0) is 51.9 Å². The molecule has 7 heterocycles. The van der Waals surface area contributed by atoms with E-state index in [0.29, 0.717) is 77.7 Å². The van der Waals surface area contributed by atoms with Crippen LogP contribution >= 0.6 is 0 Å². The van der Waals surface area contributed by atoms with Gasteiger partial charge in [-0.1, -0.05) is 36.9 Å². The van der Waals surface area contributed by atoms with Crippen LogP contribution in [-0.4, -0.2) is 131 Å². The molecule has 93 heavy (non-hydrogen) atoms. The normalized spacial score (nSPS) is 16.1. The lowest BCUT2D eigenvalue weighted by Crippen LogP contribution is -2.57. The Kier molecular flexibility index (Phi) is 21.3. The van der Waals surface area contributed by atoms with Crippen LogP contribution in [0.3, 0.4) is 0 Å². The second-order valence-electron chi connectivity index (χ2n) is 24.1. The van der Waals surface area contributed by atoms with E-state index in [4.69, 9.17) is 23.7 Å². The molecule has 6 amide bonds. The van der Waals surface area contributed by atoms with Crippen molar-refractivity contribution in [1.29, 1.82) is 0 Å². The summed E-state index contributed by atoms with van der Waals surface area (Å²) in [5.41, 5.74) is 6.71. The predicted molar refractivity (Wildman–Crippen MR) is 350 cm³/mol. The van der Waals surface area contributed by atoms with Gasteiger partial charge in [-0.2, -0.15) is 0 Å². The quantitative estimate of drug-likeness (QED) is 0.0333. The molecule has 25 nitrogen and oxygen atoms in total. The molecule has 3 atom stereocenters. The van der Waals surface area contributed by atoms with Gasteiger partial charge in [0, 0.05) is 115 Å². The standard InChI is InChI=1S/C45H53N7O9.C23H27N5O4/c1-6-20-60-45(57)52-36-25-37(28(2)23-33(36)43(56)51-19-9-7-12-34(51)44(52)61-40-14-8-10-21-59-40)58-22-11-13-39(54)47-38-27-50(5)41(48-38)42(55)46-32-17-15-30(16-18-32)31-24-35(29(3)53)49(4)26-31;1-14(29)18-11-16(12-27(18)5)15-7-9-17(10-8-15)24-21(30)20-25-19(13-28(20)6)26-22(31)32-23(2,3)4/h6,15-18,23-27,34,40,44H,1,7-14,19-22H2,2-5H3,(H,46,55)(H,47,54);7-13H,1-6H3,(H,24,30)(H,26,31)/t34-,40?,44?;/m0./s1. The van der Waals surface area contributed by atoms with Crippen molar-refractivity contribution in [2.75, 3.05) is 52.5 Å². The first-order chi connectivity index (χ1) is 44.3. The SMILES string of the molecule is C=CCOC(=O)N1c2cc(OCCCC(=O)Nc3cn(C)c(C(=O)Nc4ccc(-c5cc(C(C)=O)n(C)c5)cc4)n3)c(C)cc2C(=O)N2CCCC[C@H]2C1OC1CCCCO1.CC(=O)c1cc(-c2ccc(NC(=O)c3nc(NC(=O)OC(C)(C)C)cn3C)cc2)cn1C. The second kappa shape index (κ2) is 29.4. The number of nitrogens with one attached hydrogen (secondary N) is 4. The molecule has 0 saturated carbocycles. The minimum atomic E-state index is -0.862. The Morgan fingerprint density at radius 1 is 0.688 bits per heavy atom. The van der Waals surface area contributed by atoms with E-state index in [1.807, 2.05) is 74.7 Å². The monoisotopic (exact) mass is 1270 g/mol. The van der Waals surface area contributed by atoms with E-state index in [9.17, 15) is 38.4 Å². The van der Waals surface area contributed by atoms with Crippen molar-refractivity contribution in [3.05, 3.63) is 144 Å². The van der Waals surface area contributed by atoms with Gasteiger partial charge in [0.1, 0.15) is 18.0 Å². The molecule has 490 valence electrons. The Labute approximate surface area is 539 Å². The summed E-state index contributed by atoms with van der Waals surface area (Å²) in [5.74, 6) is -0.294. The van der Waals surface area contributed by atoms with Gasteiger partial charge in [0.15, 0.2) is 35.7 Å². The number of carbonyl (C=O) groups is 8. The third kappa shape index (κ3) is 16.7. The Morgan fingerprint density at radius 2 is 1.25 bits per heavy atom. The number of amides is 6. The summed E-state index contributed by atoms with van der Waals surface area (Å²) >= 11 is 0. The third-order valence-electron chi connectivity index (χ3n) is 15.7. The number of anilines is 5. The van der Waals surface area contributed by atoms with Gasteiger partial charge < -0.3 is 62.8 Å². The summed E-state index contributed by atoms with van der Waals surface area (Å²) < 4.78 is 36.1. The van der Waals surface area contributed by atoms with E-state index >= 15 is 0 Å². The van der Waals surface area contributed by atoms with Gasteiger partial charge in [-0.25, -0.2) is 24.5 Å². The van der Waals surface area contributed by atoms with Crippen LogP contribution in [0.15, 0.2) is 110 Å². The van der Waals surface area contributed by atoms with Crippen molar-refractivity contribution >= 4 is 76.1 Å². The minimum Gasteiger partial charge on any atom is -0.493 e. The highest BCUT2D eigenvalue weighted by Gasteiger charge is 2.47. The van der Waals surface area contributed by atoms with Gasteiger partial charge in [-0.15, -0.1) is 0 Å². The van der Waals surface area contributed by atoms with Crippen LogP contribution in [0.4, 0.5) is 38.3 Å². The average Bonchev–Trinajstić information content (AvgIpc) is 1.65. The molecule has 7 aromatic rings. The lowest BCUT2D eigenvalue weighted by Gasteiger charge is -2.42. The highest BCUT2D eigenvalue weighted by atomic mass is 16.7. The predicted octanol–water partition coefficient (Wildman–Crippen LogP) is 11.2. The molecule has 25 heteroatoms. The molecule has 0 aliphatic carbocycles. The largest absolute Gasteiger partial charge is 0.493 e. The Morgan fingerprint density at radius 3 is 1.76 bits per heavy atom. The topological polar surface area (TPSA) is 283 Å². The van der Waals surface area contributed by atoms with E-state index in [-0.39, 0.29) is 66.3 Å². The summed E-state index contributed by atoms with van der Waals surface area (Å²) in [5, 5.41) is 10.9. The molecule has 2 fully saturated rings. The van der Waals surface area contributed by atoms with Gasteiger partial charge in [-0.05, 0) is 132 Å². The highest BCUT2D eigenvalue weighted by molar-refractivity contribution is 6.06. The molecule has 0 bridgehead atoms. The lowest BCUT2D eigenvalue weighted by atomic mass is 10.00. The number of imidazole rings is 2. The fourth-order valence-electron chi connectivity index (χ4n) is 11.2. The van der Waals surface area contributed by atoms with Crippen LogP contribution in [0.5, 0.6) is 5.75 Å². The number of Topliss-reactive ketones (excluding diaryl/α,β-unsaturated/α-hetero) is 2. The third-order valence-corrected chi connectivity index (χ3v) is 15.7. The number of hydrogen-bond acceptors (Lipinski definition) is 15. The van der Waals surface area contributed by atoms with Crippen LogP contribution in [0, 0.1) is 6.92 Å². The number of carbonyl (C=O) groups excluding carboxylic acids is 8. The number of benzene rings is 3. The van der Waals surface area contributed by atoms with E-state index in [1.165, 1.54) is 40.2 Å². The van der Waals surface area contributed by atoms with Crippen molar-refractivity contribution in [1.82, 2.24) is 33.1 Å². The molecule has 3 aliphatic rings. The van der Waals surface area contributed by atoms with Gasteiger partial charge >= 0.3 is 12.2 Å². The zero-order valence-electron chi connectivity index (χ0n) is 54.1. The lowest BCUT2D eigenvalue weighted by molar-refractivity contribution is -0.198. The maximum Gasteiger partial charge on any atom is 0.416 e. The number of aromatic nitrogens is 6.